The third-order valence-electron chi connectivity index (χ3n) is 5.30. The lowest BCUT2D eigenvalue weighted by Crippen LogP contribution is -2.46. The van der Waals surface area contributed by atoms with E-state index in [0.29, 0.717) is 0 Å². The van der Waals surface area contributed by atoms with Crippen molar-refractivity contribution in [3.05, 3.63) is 29.8 Å². The van der Waals surface area contributed by atoms with E-state index in [1.54, 1.807) is 0 Å². The van der Waals surface area contributed by atoms with Crippen LogP contribution in [-0.4, -0.2) is 75.2 Å². The number of hydrogen-bond acceptors (Lipinski definition) is 4. The number of nitrogens with one attached hydrogen (secondary N) is 2. The first kappa shape index (κ1) is 23.9. The van der Waals surface area contributed by atoms with E-state index in [9.17, 15) is 0 Å². The van der Waals surface area contributed by atoms with Gasteiger partial charge in [0, 0.05) is 51.5 Å². The van der Waals surface area contributed by atoms with Gasteiger partial charge in [-0.1, -0.05) is 12.1 Å². The van der Waals surface area contributed by atoms with Gasteiger partial charge in [-0.25, -0.2) is 0 Å². The maximum atomic E-state index is 4.74. The fraction of sp³-hybridized carbons (Fsp3) is 0.696. The molecular weight excluding hydrogens is 378 g/mol. The molecule has 2 rings (SSSR count). The molecule has 0 spiro atoms. The molecule has 1 aliphatic rings. The number of piperazine rings is 1. The Morgan fingerprint density at radius 2 is 1.90 bits per heavy atom. The van der Waals surface area contributed by atoms with Gasteiger partial charge in [-0.05, 0) is 75.8 Å². The molecule has 0 saturated carbocycles. The molecule has 0 amide bonds. The third kappa shape index (κ3) is 9.77. The molecule has 1 saturated heterocycles. The Bertz CT molecular complexity index is 584. The fourth-order valence-electron chi connectivity index (χ4n) is 3.61. The zero-order chi connectivity index (χ0) is 20.7. The number of guanidine groups is 1. The van der Waals surface area contributed by atoms with Crippen molar-refractivity contribution in [2.24, 2.45) is 4.99 Å². The topological polar surface area (TPSA) is 42.9 Å². The molecule has 0 unspecified atom stereocenters. The number of anilines is 1. The molecule has 5 nitrogen and oxygen atoms in total. The predicted octanol–water partition coefficient (Wildman–Crippen LogP) is 3.60. The number of rotatable bonds is 12. The summed E-state index contributed by atoms with van der Waals surface area (Å²) in [5, 5.41) is 6.81. The highest BCUT2D eigenvalue weighted by Crippen LogP contribution is 2.17. The number of hydrogen-bond donors (Lipinski definition) is 2. The molecule has 1 aromatic rings. The van der Waals surface area contributed by atoms with Crippen molar-refractivity contribution in [1.29, 1.82) is 0 Å². The molecule has 0 aliphatic carbocycles. The molecule has 2 N–H and O–H groups in total. The first-order chi connectivity index (χ1) is 14.2. The molecule has 1 aromatic carbocycles. The van der Waals surface area contributed by atoms with Crippen molar-refractivity contribution in [2.75, 3.05) is 69.3 Å². The van der Waals surface area contributed by atoms with Gasteiger partial charge in [0.2, 0.25) is 0 Å². The Balaban J connectivity index is 1.58. The lowest BCUT2D eigenvalue weighted by molar-refractivity contribution is 0.253. The number of benzene rings is 1. The van der Waals surface area contributed by atoms with E-state index >= 15 is 0 Å². The van der Waals surface area contributed by atoms with Crippen molar-refractivity contribution in [1.82, 2.24) is 15.5 Å². The third-order valence-corrected chi connectivity index (χ3v) is 6.00. The van der Waals surface area contributed by atoms with Gasteiger partial charge in [0.15, 0.2) is 5.96 Å². The summed E-state index contributed by atoms with van der Waals surface area (Å²) in [6, 6.07) is 8.87. The van der Waals surface area contributed by atoms with Gasteiger partial charge in [-0.3, -0.25) is 9.89 Å². The number of thioether (sulfide) groups is 1. The van der Waals surface area contributed by atoms with Crippen molar-refractivity contribution in [3.63, 3.8) is 0 Å². The van der Waals surface area contributed by atoms with Crippen molar-refractivity contribution >= 4 is 23.4 Å². The quantitative estimate of drug-likeness (QED) is 0.308. The summed E-state index contributed by atoms with van der Waals surface area (Å²) in [7, 11) is 0. The molecule has 6 heteroatoms. The zero-order valence-electron chi connectivity index (χ0n) is 18.8. The minimum atomic E-state index is 0.906. The van der Waals surface area contributed by atoms with Crippen molar-refractivity contribution < 1.29 is 0 Å². The first-order valence-corrected chi connectivity index (χ1v) is 12.7. The van der Waals surface area contributed by atoms with Gasteiger partial charge >= 0.3 is 0 Å². The summed E-state index contributed by atoms with van der Waals surface area (Å²) in [6.07, 6.45) is 7.02. The SMILES string of the molecule is CCNC(=NCCCCN1CCN(c2cccc(C)c2)CC1)NCCCCSC. The maximum absolute atomic E-state index is 4.74. The van der Waals surface area contributed by atoms with E-state index in [2.05, 4.69) is 64.8 Å². The number of aliphatic imine (C=N–C) groups is 1. The maximum Gasteiger partial charge on any atom is 0.191 e. The van der Waals surface area contributed by atoms with Crippen LogP contribution in [0.4, 0.5) is 5.69 Å². The Morgan fingerprint density at radius 3 is 2.62 bits per heavy atom. The van der Waals surface area contributed by atoms with Crippen LogP contribution in [0.2, 0.25) is 0 Å². The van der Waals surface area contributed by atoms with Gasteiger partial charge in [0.25, 0.3) is 0 Å². The highest BCUT2D eigenvalue weighted by atomic mass is 32.2. The van der Waals surface area contributed by atoms with E-state index in [0.717, 1.165) is 58.2 Å². The van der Waals surface area contributed by atoms with E-state index in [1.165, 1.54) is 42.8 Å². The lowest BCUT2D eigenvalue weighted by Gasteiger charge is -2.36. The molecule has 0 radical (unpaired) electrons. The highest BCUT2D eigenvalue weighted by molar-refractivity contribution is 7.98. The standard InChI is InChI=1S/C23H41N5S/c1-4-24-23(26-13-6-8-19-29-3)25-12-5-7-14-27-15-17-28(18-16-27)22-11-9-10-21(2)20-22/h9-11,20H,4-8,12-19H2,1-3H3,(H2,24,25,26). The Hall–Kier alpha value is -1.40. The monoisotopic (exact) mass is 419 g/mol. The molecule has 29 heavy (non-hydrogen) atoms. The van der Waals surface area contributed by atoms with Crippen LogP contribution >= 0.6 is 11.8 Å². The molecular formula is C23H41N5S. The van der Waals surface area contributed by atoms with Crippen LogP contribution in [-0.2, 0) is 0 Å². The lowest BCUT2D eigenvalue weighted by atomic mass is 10.2. The van der Waals surface area contributed by atoms with Crippen LogP contribution in [0.15, 0.2) is 29.3 Å². The second-order valence-electron chi connectivity index (χ2n) is 7.76. The van der Waals surface area contributed by atoms with E-state index < -0.39 is 0 Å². The van der Waals surface area contributed by atoms with Crippen LogP contribution in [0, 0.1) is 6.92 Å². The second-order valence-corrected chi connectivity index (χ2v) is 8.75. The fourth-order valence-corrected chi connectivity index (χ4v) is 4.11. The summed E-state index contributed by atoms with van der Waals surface area (Å²) in [5.74, 6) is 2.22. The molecule has 0 bridgehead atoms. The van der Waals surface area contributed by atoms with Crippen LogP contribution in [0.1, 0.15) is 38.2 Å². The average molecular weight is 420 g/mol. The van der Waals surface area contributed by atoms with Crippen LogP contribution in [0.5, 0.6) is 0 Å². The van der Waals surface area contributed by atoms with E-state index in [1.807, 2.05) is 11.8 Å². The highest BCUT2D eigenvalue weighted by Gasteiger charge is 2.16. The van der Waals surface area contributed by atoms with Gasteiger partial charge in [-0.2, -0.15) is 11.8 Å². The summed E-state index contributed by atoms with van der Waals surface area (Å²) in [6.45, 7) is 12.9. The van der Waals surface area contributed by atoms with Crippen molar-refractivity contribution in [3.8, 4) is 0 Å². The zero-order valence-corrected chi connectivity index (χ0v) is 19.6. The first-order valence-electron chi connectivity index (χ1n) is 11.3. The summed E-state index contributed by atoms with van der Waals surface area (Å²) in [5.41, 5.74) is 2.72. The summed E-state index contributed by atoms with van der Waals surface area (Å²) >= 11 is 1.92. The van der Waals surface area contributed by atoms with Gasteiger partial charge < -0.3 is 15.5 Å². The molecule has 1 aliphatic heterocycles. The van der Waals surface area contributed by atoms with Gasteiger partial charge in [0.1, 0.15) is 0 Å². The largest absolute Gasteiger partial charge is 0.369 e. The van der Waals surface area contributed by atoms with Crippen LogP contribution in [0.3, 0.4) is 0 Å². The minimum absolute atomic E-state index is 0.906. The average Bonchev–Trinajstić information content (AvgIpc) is 2.73. The van der Waals surface area contributed by atoms with E-state index in [4.69, 9.17) is 4.99 Å². The normalized spacial score (nSPS) is 15.6. The minimum Gasteiger partial charge on any atom is -0.369 e. The Labute approximate surface area is 182 Å². The Morgan fingerprint density at radius 1 is 1.07 bits per heavy atom. The Kier molecular flexibility index (Phi) is 12.0. The van der Waals surface area contributed by atoms with E-state index in [-0.39, 0.29) is 0 Å². The number of nitrogens with zero attached hydrogens (tertiary/aromatic N) is 3. The predicted molar refractivity (Wildman–Crippen MR) is 131 cm³/mol. The number of aryl methyl sites for hydroxylation is 1. The molecule has 0 atom stereocenters. The summed E-state index contributed by atoms with van der Waals surface area (Å²) in [4.78, 5) is 9.85. The molecule has 0 aromatic heterocycles. The summed E-state index contributed by atoms with van der Waals surface area (Å²) < 4.78 is 0. The second kappa shape index (κ2) is 14.6. The smallest absolute Gasteiger partial charge is 0.191 e. The molecule has 164 valence electrons. The van der Waals surface area contributed by atoms with Gasteiger partial charge in [-0.15, -0.1) is 0 Å². The van der Waals surface area contributed by atoms with Crippen LogP contribution < -0.4 is 15.5 Å². The van der Waals surface area contributed by atoms with Gasteiger partial charge in [0.05, 0.1) is 0 Å². The van der Waals surface area contributed by atoms with Crippen LogP contribution in [0.25, 0.3) is 0 Å². The molecule has 1 fully saturated rings. The number of unbranched alkanes of at least 4 members (excludes halogenated alkanes) is 2. The van der Waals surface area contributed by atoms with Crippen molar-refractivity contribution in [2.45, 2.75) is 39.5 Å². The molecule has 1 heterocycles.